The maximum Gasteiger partial charge on any atom is 0.113 e. The van der Waals surface area contributed by atoms with Crippen molar-refractivity contribution in [2.24, 2.45) is 11.3 Å². The molecule has 2 unspecified atom stereocenters. The summed E-state index contributed by atoms with van der Waals surface area (Å²) in [6.07, 6.45) is 3.74. The van der Waals surface area contributed by atoms with Crippen LogP contribution in [0.25, 0.3) is 0 Å². The number of hydrogen-bond acceptors (Lipinski definition) is 3. The van der Waals surface area contributed by atoms with E-state index in [0.717, 1.165) is 18.2 Å². The number of nitrogens with one attached hydrogen (secondary N) is 1. The average molecular weight is 266 g/mol. The fourth-order valence-corrected chi connectivity index (χ4v) is 4.84. The van der Waals surface area contributed by atoms with Crippen LogP contribution >= 0.6 is 11.3 Å². The first-order chi connectivity index (χ1) is 8.37. The highest BCUT2D eigenvalue weighted by atomic mass is 32.1. The fraction of sp³-hybridized carbons (Fsp3) is 0.800. The van der Waals surface area contributed by atoms with Crippen LogP contribution in [0, 0.1) is 18.3 Å². The van der Waals surface area contributed by atoms with E-state index in [0.29, 0.717) is 5.41 Å². The van der Waals surface area contributed by atoms with Crippen molar-refractivity contribution in [2.75, 3.05) is 6.54 Å². The molecule has 0 saturated heterocycles. The maximum absolute atomic E-state index is 4.78. The molecule has 0 amide bonds. The van der Waals surface area contributed by atoms with E-state index in [1.54, 1.807) is 0 Å². The van der Waals surface area contributed by atoms with E-state index in [4.69, 9.17) is 4.98 Å². The Balaban J connectivity index is 2.37. The molecule has 1 fully saturated rings. The second-order valence-corrected chi connectivity index (χ2v) is 7.62. The molecule has 1 aromatic heterocycles. The van der Waals surface area contributed by atoms with Crippen molar-refractivity contribution >= 4 is 11.3 Å². The first-order valence-corrected chi connectivity index (χ1v) is 7.92. The quantitative estimate of drug-likeness (QED) is 0.891. The van der Waals surface area contributed by atoms with Crippen LogP contribution in [0.15, 0.2) is 5.38 Å². The highest BCUT2D eigenvalue weighted by molar-refractivity contribution is 7.09. The molecule has 102 valence electrons. The van der Waals surface area contributed by atoms with Crippen molar-refractivity contribution in [3.05, 3.63) is 16.1 Å². The number of aromatic nitrogens is 1. The molecule has 2 rings (SSSR count). The summed E-state index contributed by atoms with van der Waals surface area (Å²) in [5.74, 6) is 0.761. The fourth-order valence-electron chi connectivity index (χ4n) is 3.86. The van der Waals surface area contributed by atoms with Gasteiger partial charge >= 0.3 is 0 Å². The van der Waals surface area contributed by atoms with Gasteiger partial charge in [0.1, 0.15) is 5.01 Å². The van der Waals surface area contributed by atoms with Crippen LogP contribution in [-0.4, -0.2) is 11.5 Å². The van der Waals surface area contributed by atoms with E-state index in [1.165, 1.54) is 24.3 Å². The lowest BCUT2D eigenvalue weighted by Crippen LogP contribution is -2.50. The van der Waals surface area contributed by atoms with Gasteiger partial charge in [0.2, 0.25) is 0 Å². The molecule has 1 aliphatic rings. The molecule has 1 aliphatic carbocycles. The van der Waals surface area contributed by atoms with Crippen LogP contribution in [0.4, 0.5) is 0 Å². The second kappa shape index (κ2) is 4.93. The third kappa shape index (κ3) is 2.77. The van der Waals surface area contributed by atoms with Gasteiger partial charge in [-0.05, 0) is 44.1 Å². The molecule has 18 heavy (non-hydrogen) atoms. The Kier molecular flexibility index (Phi) is 3.84. The second-order valence-electron chi connectivity index (χ2n) is 6.76. The average Bonchev–Trinajstić information content (AvgIpc) is 2.62. The van der Waals surface area contributed by atoms with Crippen LogP contribution in [0.2, 0.25) is 0 Å². The molecule has 0 bridgehead atoms. The summed E-state index contributed by atoms with van der Waals surface area (Å²) in [4.78, 5) is 4.78. The summed E-state index contributed by atoms with van der Waals surface area (Å²) < 4.78 is 0. The van der Waals surface area contributed by atoms with Crippen LogP contribution in [-0.2, 0) is 5.54 Å². The number of rotatable bonds is 3. The molecule has 0 spiro atoms. The Morgan fingerprint density at radius 3 is 2.67 bits per heavy atom. The SMILES string of the molecule is CCNC1(c2nc(C)cs2)CC(C)CC(C)(C)C1. The number of aryl methyl sites for hydroxylation is 1. The molecule has 0 radical (unpaired) electrons. The predicted molar refractivity (Wildman–Crippen MR) is 79.0 cm³/mol. The van der Waals surface area contributed by atoms with Gasteiger partial charge in [0, 0.05) is 11.1 Å². The van der Waals surface area contributed by atoms with E-state index in [-0.39, 0.29) is 5.54 Å². The molecule has 2 atom stereocenters. The summed E-state index contributed by atoms with van der Waals surface area (Å²) in [7, 11) is 0. The molecule has 3 heteroatoms. The normalized spacial score (nSPS) is 31.5. The molecule has 2 nitrogen and oxygen atoms in total. The molecular formula is C15H26N2S. The predicted octanol–water partition coefficient (Wildman–Crippen LogP) is 4.10. The van der Waals surface area contributed by atoms with Gasteiger partial charge < -0.3 is 5.32 Å². The van der Waals surface area contributed by atoms with Gasteiger partial charge in [0.15, 0.2) is 0 Å². The first kappa shape index (κ1) is 14.0. The maximum atomic E-state index is 4.78. The number of nitrogens with zero attached hydrogens (tertiary/aromatic N) is 1. The molecule has 0 aromatic carbocycles. The van der Waals surface area contributed by atoms with Crippen molar-refractivity contribution < 1.29 is 0 Å². The van der Waals surface area contributed by atoms with Gasteiger partial charge in [0.25, 0.3) is 0 Å². The lowest BCUT2D eigenvalue weighted by atomic mass is 9.64. The van der Waals surface area contributed by atoms with E-state index in [1.807, 2.05) is 11.3 Å². The molecule has 1 heterocycles. The van der Waals surface area contributed by atoms with Crippen LogP contribution < -0.4 is 5.32 Å². The van der Waals surface area contributed by atoms with Crippen molar-refractivity contribution in [3.8, 4) is 0 Å². The van der Waals surface area contributed by atoms with Crippen LogP contribution in [0.1, 0.15) is 57.7 Å². The summed E-state index contributed by atoms with van der Waals surface area (Å²) >= 11 is 1.82. The van der Waals surface area contributed by atoms with Crippen molar-refractivity contribution in [1.82, 2.24) is 10.3 Å². The van der Waals surface area contributed by atoms with Crippen LogP contribution in [0.3, 0.4) is 0 Å². The van der Waals surface area contributed by atoms with Gasteiger partial charge in [-0.25, -0.2) is 4.98 Å². The first-order valence-electron chi connectivity index (χ1n) is 7.04. The van der Waals surface area contributed by atoms with Crippen LogP contribution in [0.5, 0.6) is 0 Å². The van der Waals surface area contributed by atoms with Crippen molar-refractivity contribution in [2.45, 2.75) is 59.4 Å². The summed E-state index contributed by atoms with van der Waals surface area (Å²) in [5, 5.41) is 7.24. The minimum Gasteiger partial charge on any atom is -0.306 e. The minimum absolute atomic E-state index is 0.106. The third-order valence-electron chi connectivity index (χ3n) is 3.92. The standard InChI is InChI=1S/C15H26N2S/c1-6-16-15(13-17-12(3)9-18-13)8-11(2)7-14(4,5)10-15/h9,11,16H,6-8,10H2,1-5H3. The van der Waals surface area contributed by atoms with E-state index >= 15 is 0 Å². The van der Waals surface area contributed by atoms with Gasteiger partial charge in [0.05, 0.1) is 5.54 Å². The molecular weight excluding hydrogens is 240 g/mol. The van der Waals surface area contributed by atoms with Gasteiger partial charge in [-0.15, -0.1) is 11.3 Å². The molecule has 1 saturated carbocycles. The molecule has 0 aliphatic heterocycles. The Labute approximate surface area is 115 Å². The zero-order valence-corrected chi connectivity index (χ0v) is 13.2. The number of thiazole rings is 1. The third-order valence-corrected chi connectivity index (χ3v) is 5.09. The minimum atomic E-state index is 0.106. The Hall–Kier alpha value is -0.410. The molecule has 1 N–H and O–H groups in total. The summed E-state index contributed by atoms with van der Waals surface area (Å²) in [5.41, 5.74) is 1.66. The highest BCUT2D eigenvalue weighted by Gasteiger charge is 2.45. The Morgan fingerprint density at radius 2 is 2.17 bits per heavy atom. The topological polar surface area (TPSA) is 24.9 Å². The lowest BCUT2D eigenvalue weighted by Gasteiger charge is -2.47. The van der Waals surface area contributed by atoms with E-state index < -0.39 is 0 Å². The monoisotopic (exact) mass is 266 g/mol. The van der Waals surface area contributed by atoms with Gasteiger partial charge in [-0.3, -0.25) is 0 Å². The summed E-state index contributed by atoms with van der Waals surface area (Å²) in [6.45, 7) is 12.5. The smallest absolute Gasteiger partial charge is 0.113 e. The zero-order valence-electron chi connectivity index (χ0n) is 12.3. The zero-order chi connectivity index (χ0) is 13.4. The van der Waals surface area contributed by atoms with Gasteiger partial charge in [-0.1, -0.05) is 27.7 Å². The van der Waals surface area contributed by atoms with Gasteiger partial charge in [-0.2, -0.15) is 0 Å². The Bertz CT molecular complexity index is 410. The largest absolute Gasteiger partial charge is 0.306 e. The lowest BCUT2D eigenvalue weighted by molar-refractivity contribution is 0.0806. The summed E-state index contributed by atoms with van der Waals surface area (Å²) in [6, 6.07) is 0. The number of hydrogen-bond donors (Lipinski definition) is 1. The Morgan fingerprint density at radius 1 is 1.44 bits per heavy atom. The van der Waals surface area contributed by atoms with Crippen molar-refractivity contribution in [3.63, 3.8) is 0 Å². The highest BCUT2D eigenvalue weighted by Crippen LogP contribution is 2.49. The van der Waals surface area contributed by atoms with Crippen molar-refractivity contribution in [1.29, 1.82) is 0 Å². The van der Waals surface area contributed by atoms with E-state index in [2.05, 4.69) is 45.3 Å². The molecule has 1 aromatic rings. The van der Waals surface area contributed by atoms with E-state index in [9.17, 15) is 0 Å².